The van der Waals surface area contributed by atoms with Crippen LogP contribution in [-0.2, 0) is 14.3 Å². The van der Waals surface area contributed by atoms with Crippen LogP contribution < -0.4 is 5.11 Å². The highest BCUT2D eigenvalue weighted by molar-refractivity contribution is 5.87. The Morgan fingerprint density at radius 2 is 2.18 bits per heavy atom. The maximum Gasteiger partial charge on any atom is 0.333 e. The maximum absolute atomic E-state index is 11.2. The Bertz CT molecular complexity index is 407. The molecule has 0 saturated carbocycles. The number of ether oxygens (including phenoxy) is 1. The van der Waals surface area contributed by atoms with E-state index < -0.39 is 30.1 Å². The highest BCUT2D eigenvalue weighted by Crippen LogP contribution is 2.25. The van der Waals surface area contributed by atoms with E-state index in [1.165, 1.54) is 31.2 Å². The zero-order valence-corrected chi connectivity index (χ0v) is 9.38. The van der Waals surface area contributed by atoms with Crippen LogP contribution >= 0.6 is 0 Å². The molecule has 1 aliphatic rings. The lowest BCUT2D eigenvalue weighted by Gasteiger charge is -2.33. The van der Waals surface area contributed by atoms with E-state index in [9.17, 15) is 19.8 Å². The Morgan fingerprint density at radius 3 is 2.71 bits per heavy atom. The van der Waals surface area contributed by atoms with E-state index >= 15 is 0 Å². The van der Waals surface area contributed by atoms with Gasteiger partial charge in [0.2, 0.25) is 0 Å². The summed E-state index contributed by atoms with van der Waals surface area (Å²) in [6, 6.07) is 0. The Kier molecular flexibility index (Phi) is 3.85. The molecule has 0 radical (unpaired) electrons. The molecular weight excluding hydrogens is 224 g/mol. The smallest absolute Gasteiger partial charge is 0.333 e. The zero-order chi connectivity index (χ0) is 13.1. The summed E-state index contributed by atoms with van der Waals surface area (Å²) in [4.78, 5) is 22.0. The van der Waals surface area contributed by atoms with Crippen LogP contribution in [0.25, 0.3) is 0 Å². The average molecular weight is 237 g/mol. The van der Waals surface area contributed by atoms with E-state index in [0.717, 1.165) is 0 Å². The number of aliphatic carboxylic acids is 1. The molecule has 0 aromatic rings. The van der Waals surface area contributed by atoms with E-state index in [1.54, 1.807) is 0 Å². The number of esters is 1. The first-order chi connectivity index (χ1) is 7.87. The van der Waals surface area contributed by atoms with E-state index in [1.807, 2.05) is 0 Å². The summed E-state index contributed by atoms with van der Waals surface area (Å²) in [5.74, 6) is -3.36. The maximum atomic E-state index is 11.2. The second-order valence-corrected chi connectivity index (χ2v) is 3.89. The van der Waals surface area contributed by atoms with Gasteiger partial charge < -0.3 is 19.7 Å². The molecule has 1 aliphatic carbocycles. The molecule has 5 nitrogen and oxygen atoms in total. The first-order valence-electron chi connectivity index (χ1n) is 4.99. The van der Waals surface area contributed by atoms with E-state index in [-0.39, 0.29) is 5.57 Å². The van der Waals surface area contributed by atoms with Gasteiger partial charge in [0.1, 0.15) is 12.2 Å². The van der Waals surface area contributed by atoms with Crippen molar-refractivity contribution in [1.82, 2.24) is 0 Å². The fourth-order valence-electron chi connectivity index (χ4n) is 1.39. The molecule has 0 aromatic heterocycles. The third kappa shape index (κ3) is 3.04. The van der Waals surface area contributed by atoms with Crippen molar-refractivity contribution in [3.8, 4) is 0 Å². The van der Waals surface area contributed by atoms with Crippen molar-refractivity contribution < 1.29 is 24.5 Å². The number of aliphatic hydroxyl groups is 1. The monoisotopic (exact) mass is 237 g/mol. The molecule has 0 fully saturated rings. The molecule has 17 heavy (non-hydrogen) atoms. The summed E-state index contributed by atoms with van der Waals surface area (Å²) in [6.45, 7) is 4.38. The van der Waals surface area contributed by atoms with Gasteiger partial charge in [0, 0.05) is 5.57 Å². The topological polar surface area (TPSA) is 86.7 Å². The van der Waals surface area contributed by atoms with Crippen LogP contribution in [0.1, 0.15) is 6.92 Å². The van der Waals surface area contributed by atoms with E-state index in [0.29, 0.717) is 0 Å². The summed E-state index contributed by atoms with van der Waals surface area (Å²) < 4.78 is 4.76. The number of rotatable bonds is 4. The van der Waals surface area contributed by atoms with E-state index in [4.69, 9.17) is 4.74 Å². The van der Waals surface area contributed by atoms with Crippen LogP contribution in [0.15, 0.2) is 36.5 Å². The summed E-state index contributed by atoms with van der Waals surface area (Å²) in [7, 11) is 0. The van der Waals surface area contributed by atoms with Crippen molar-refractivity contribution in [2.45, 2.75) is 12.5 Å². The first-order valence-corrected chi connectivity index (χ1v) is 4.99. The molecule has 0 saturated heterocycles. The van der Waals surface area contributed by atoms with Crippen molar-refractivity contribution in [1.29, 1.82) is 0 Å². The van der Waals surface area contributed by atoms with Crippen LogP contribution in [0, 0.1) is 5.92 Å². The highest BCUT2D eigenvalue weighted by atomic mass is 16.5. The number of carbonyl (C=O) groups is 2. The SMILES string of the molecule is C=C(C)C(=O)OCC1(O)C=CC=CC1C(=O)[O-]. The molecule has 0 bridgehead atoms. The lowest BCUT2D eigenvalue weighted by Crippen LogP contribution is -2.49. The molecule has 1 N–H and O–H groups in total. The lowest BCUT2D eigenvalue weighted by atomic mass is 9.84. The highest BCUT2D eigenvalue weighted by Gasteiger charge is 2.36. The minimum absolute atomic E-state index is 0.175. The average Bonchev–Trinajstić information content (AvgIpc) is 2.26. The molecule has 0 heterocycles. The van der Waals surface area contributed by atoms with Gasteiger partial charge in [-0.1, -0.05) is 24.8 Å². The van der Waals surface area contributed by atoms with Gasteiger partial charge in [0.15, 0.2) is 0 Å². The molecule has 0 aromatic carbocycles. The molecule has 0 spiro atoms. The van der Waals surface area contributed by atoms with Crippen LogP contribution in [0.4, 0.5) is 0 Å². The van der Waals surface area contributed by atoms with Gasteiger partial charge in [-0.3, -0.25) is 0 Å². The zero-order valence-electron chi connectivity index (χ0n) is 9.38. The third-order valence-corrected chi connectivity index (χ3v) is 2.37. The fourth-order valence-corrected chi connectivity index (χ4v) is 1.39. The Labute approximate surface area is 98.7 Å². The quantitative estimate of drug-likeness (QED) is 0.517. The molecule has 2 atom stereocenters. The summed E-state index contributed by atoms with van der Waals surface area (Å²) in [5, 5.41) is 20.9. The minimum Gasteiger partial charge on any atom is -0.549 e. The minimum atomic E-state index is -1.78. The molecule has 0 aliphatic heterocycles. The summed E-state index contributed by atoms with van der Waals surface area (Å²) in [5.41, 5.74) is -1.60. The normalized spacial score (nSPS) is 26.6. The third-order valence-electron chi connectivity index (χ3n) is 2.37. The van der Waals surface area contributed by atoms with Crippen molar-refractivity contribution in [2.24, 2.45) is 5.92 Å². The first kappa shape index (κ1) is 13.2. The van der Waals surface area contributed by atoms with Gasteiger partial charge in [0.25, 0.3) is 0 Å². The largest absolute Gasteiger partial charge is 0.549 e. The lowest BCUT2D eigenvalue weighted by molar-refractivity contribution is -0.314. The summed E-state index contributed by atoms with van der Waals surface area (Å²) >= 11 is 0. The second kappa shape index (κ2) is 4.97. The van der Waals surface area contributed by atoms with Gasteiger partial charge in [-0.2, -0.15) is 0 Å². The molecule has 92 valence electrons. The number of allylic oxidation sites excluding steroid dienone is 2. The van der Waals surface area contributed by atoms with Gasteiger partial charge >= 0.3 is 5.97 Å². The summed E-state index contributed by atoms with van der Waals surface area (Å²) in [6.07, 6.45) is 5.51. The number of hydrogen-bond donors (Lipinski definition) is 1. The molecule has 5 heteroatoms. The Balaban J connectivity index is 2.75. The van der Waals surface area contributed by atoms with Crippen LogP contribution in [0.2, 0.25) is 0 Å². The molecular formula is C12H13O5-. The predicted molar refractivity (Wildman–Crippen MR) is 57.5 cm³/mol. The second-order valence-electron chi connectivity index (χ2n) is 3.89. The van der Waals surface area contributed by atoms with Gasteiger partial charge in [-0.15, -0.1) is 0 Å². The standard InChI is InChI=1S/C12H14O5/c1-8(2)11(15)17-7-12(16)6-4-3-5-9(12)10(13)14/h3-6,9,16H,1,7H2,2H3,(H,13,14)/p-1. The molecule has 2 unspecified atom stereocenters. The molecule has 0 amide bonds. The predicted octanol–water partition coefficient (Wildman–Crippen LogP) is -0.671. The Hall–Kier alpha value is -1.88. The number of carbonyl (C=O) groups excluding carboxylic acids is 2. The van der Waals surface area contributed by atoms with Gasteiger partial charge in [0.05, 0.1) is 11.9 Å². The van der Waals surface area contributed by atoms with Gasteiger partial charge in [-0.25, -0.2) is 4.79 Å². The van der Waals surface area contributed by atoms with Crippen LogP contribution in [-0.4, -0.2) is 29.3 Å². The van der Waals surface area contributed by atoms with Crippen LogP contribution in [0.5, 0.6) is 0 Å². The van der Waals surface area contributed by atoms with Crippen molar-refractivity contribution in [2.75, 3.05) is 6.61 Å². The number of hydrogen-bond acceptors (Lipinski definition) is 5. The van der Waals surface area contributed by atoms with Crippen molar-refractivity contribution in [3.63, 3.8) is 0 Å². The van der Waals surface area contributed by atoms with Crippen molar-refractivity contribution in [3.05, 3.63) is 36.5 Å². The molecule has 1 rings (SSSR count). The number of carboxylic acid groups (broad SMARTS) is 1. The fraction of sp³-hybridized carbons (Fsp3) is 0.333. The number of carboxylic acids is 1. The van der Waals surface area contributed by atoms with E-state index in [2.05, 4.69) is 6.58 Å². The van der Waals surface area contributed by atoms with Crippen molar-refractivity contribution >= 4 is 11.9 Å². The Morgan fingerprint density at radius 1 is 1.53 bits per heavy atom. The van der Waals surface area contributed by atoms with Crippen LogP contribution in [0.3, 0.4) is 0 Å². The van der Waals surface area contributed by atoms with Gasteiger partial charge in [-0.05, 0) is 13.0 Å².